The standard InChI is InChI=1S/C51H78N10O18/c1-52-33(14-16-41(68)54-22-36(64)44(71)46(73)38(66)26-62)49(76)59-34(15-17-42(69)55-23-37(65)45(72)47(74)39(67)27-63)48(75)53-18-8-4-5-9-19-61-24-29-20-28(12-13-30(29)56-35(51(61)78)21-43(70)79-3)50(77)60(2)25-40-57-31-10-6-7-11-32(31)58-40/h6-7,10-13,20,33-39,44-47,52,56,62-67,71-74H,4-5,8-9,14-19,21-27H2,1-3H3,(H,53,75)(H,54,68)(H,55,69)(H,57,58)(H,59,76)/t33-,34-,35-,36+,37+,38-,39-,44-,45-,46+,47+/m0/s1. The number of fused-ring (bicyclic) bond motifs is 2. The fourth-order valence-corrected chi connectivity index (χ4v) is 8.52. The zero-order valence-electron chi connectivity index (χ0n) is 44.5. The summed E-state index contributed by atoms with van der Waals surface area (Å²) in [6.45, 7) is -2.21. The van der Waals surface area contributed by atoms with Gasteiger partial charge in [-0.15, -0.1) is 0 Å². The Hall–Kier alpha value is -6.44. The van der Waals surface area contributed by atoms with Gasteiger partial charge in [0.1, 0.15) is 54.5 Å². The Bertz CT molecular complexity index is 2430. The van der Waals surface area contributed by atoms with Gasteiger partial charge in [-0.25, -0.2) is 4.98 Å². The second kappa shape index (κ2) is 32.6. The van der Waals surface area contributed by atoms with Gasteiger partial charge < -0.3 is 102 Å². The number of esters is 1. The zero-order chi connectivity index (χ0) is 58.3. The fourth-order valence-electron chi connectivity index (χ4n) is 8.52. The Morgan fingerprint density at radius 2 is 1.34 bits per heavy atom. The topological polar surface area (TPSA) is 438 Å². The number of aromatic amines is 1. The number of carbonyl (C=O) groups is 7. The molecule has 0 bridgehead atoms. The van der Waals surface area contributed by atoms with Crippen LogP contribution in [0.2, 0.25) is 0 Å². The summed E-state index contributed by atoms with van der Waals surface area (Å²) in [6, 6.07) is 9.24. The molecule has 3 aromatic rings. The molecule has 0 aliphatic carbocycles. The Kier molecular flexibility index (Phi) is 26.8. The summed E-state index contributed by atoms with van der Waals surface area (Å²) in [5.41, 5.74) is 3.24. The van der Waals surface area contributed by atoms with Crippen LogP contribution in [0, 0.1) is 0 Å². The molecule has 1 aliphatic heterocycles. The first kappa shape index (κ1) is 65.1. The van der Waals surface area contributed by atoms with Crippen LogP contribution in [0.4, 0.5) is 5.69 Å². The number of benzene rings is 2. The number of nitrogens with zero attached hydrogens (tertiary/aromatic N) is 3. The second-order valence-electron chi connectivity index (χ2n) is 19.4. The number of nitrogens with one attached hydrogen (secondary N) is 7. The Balaban J connectivity index is 1.34. The van der Waals surface area contributed by atoms with Crippen LogP contribution in [0.25, 0.3) is 11.0 Å². The van der Waals surface area contributed by atoms with Crippen molar-refractivity contribution in [2.24, 2.45) is 0 Å². The predicted octanol–water partition coefficient (Wildman–Crippen LogP) is -5.07. The third-order valence-corrected chi connectivity index (χ3v) is 13.4. The molecule has 28 nitrogen and oxygen atoms in total. The van der Waals surface area contributed by atoms with Crippen LogP contribution in [0.5, 0.6) is 0 Å². The lowest BCUT2D eigenvalue weighted by Crippen LogP contribution is -2.53. The van der Waals surface area contributed by atoms with Crippen molar-refractivity contribution in [3.05, 3.63) is 59.4 Å². The lowest BCUT2D eigenvalue weighted by atomic mass is 10.0. The summed E-state index contributed by atoms with van der Waals surface area (Å²) < 4.78 is 4.87. The van der Waals surface area contributed by atoms with Crippen LogP contribution in [0.15, 0.2) is 42.5 Å². The third-order valence-electron chi connectivity index (χ3n) is 13.4. The van der Waals surface area contributed by atoms with Crippen LogP contribution in [0.3, 0.4) is 0 Å². The molecule has 1 aliphatic rings. The van der Waals surface area contributed by atoms with Gasteiger partial charge >= 0.3 is 5.97 Å². The Morgan fingerprint density at radius 3 is 1.92 bits per heavy atom. The van der Waals surface area contributed by atoms with E-state index in [1.807, 2.05) is 24.3 Å². The number of methoxy groups -OCH3 is 1. The average molecular weight is 1120 g/mol. The van der Waals surface area contributed by atoms with Crippen LogP contribution in [-0.2, 0) is 46.6 Å². The van der Waals surface area contributed by atoms with E-state index in [-0.39, 0.29) is 63.7 Å². The van der Waals surface area contributed by atoms with Crippen molar-refractivity contribution in [2.75, 3.05) is 65.9 Å². The van der Waals surface area contributed by atoms with Crippen molar-refractivity contribution in [3.63, 3.8) is 0 Å². The number of imidazole rings is 1. The predicted molar refractivity (Wildman–Crippen MR) is 281 cm³/mol. The first-order valence-corrected chi connectivity index (χ1v) is 26.0. The first-order chi connectivity index (χ1) is 37.6. The van der Waals surface area contributed by atoms with E-state index in [0.29, 0.717) is 48.3 Å². The lowest BCUT2D eigenvalue weighted by molar-refractivity contribution is -0.144. The quantitative estimate of drug-likeness (QED) is 0.0197. The maximum atomic E-state index is 13.9. The van der Waals surface area contributed by atoms with Gasteiger partial charge in [0, 0.05) is 63.9 Å². The fraction of sp³-hybridized carbons (Fsp3) is 0.608. The van der Waals surface area contributed by atoms with Crippen LogP contribution in [-0.4, -0.2) is 240 Å². The molecule has 79 heavy (non-hydrogen) atoms. The highest BCUT2D eigenvalue weighted by molar-refractivity contribution is 5.96. The molecule has 17 N–H and O–H groups in total. The highest BCUT2D eigenvalue weighted by atomic mass is 16.5. The number of H-pyrrole nitrogens is 1. The summed E-state index contributed by atoms with van der Waals surface area (Å²) in [5, 5.41) is 113. The smallest absolute Gasteiger partial charge is 0.308 e. The van der Waals surface area contributed by atoms with Gasteiger partial charge in [-0.1, -0.05) is 25.0 Å². The number of aromatic nitrogens is 2. The third kappa shape index (κ3) is 20.0. The minimum atomic E-state index is -1.95. The SMILES string of the molecule is CN[C@@H](CCC(=O)NC[C@@H](O)[C@H](O)[C@H](O)[C@@H](O)CO)C(=O)N[C@@H](CCC(=O)NC[C@@H](O)[C@H](O)[C@H](O)[C@@H](O)CO)C(=O)NCCCCCCN1Cc2cc(C(=O)N(C)Cc3nc4ccccc4[nH]3)ccc2N[C@@H](CC(=O)OC)C1=O. The summed E-state index contributed by atoms with van der Waals surface area (Å²) in [5.74, 6) is -3.45. The molecule has 28 heteroatoms. The van der Waals surface area contributed by atoms with Crippen molar-refractivity contribution in [3.8, 4) is 0 Å². The van der Waals surface area contributed by atoms with Crippen LogP contribution < -0.4 is 31.9 Å². The minimum absolute atomic E-state index is 0.123. The van der Waals surface area contributed by atoms with Gasteiger partial charge in [-0.3, -0.25) is 33.6 Å². The van der Waals surface area contributed by atoms with Gasteiger partial charge in [0.25, 0.3) is 5.91 Å². The van der Waals surface area contributed by atoms with E-state index < -0.39 is 129 Å². The van der Waals surface area contributed by atoms with E-state index in [2.05, 4.69) is 41.9 Å². The molecule has 0 saturated carbocycles. The van der Waals surface area contributed by atoms with E-state index >= 15 is 0 Å². The number of aliphatic hydroxyl groups is 10. The number of hydrogen-bond donors (Lipinski definition) is 17. The molecule has 1 aromatic heterocycles. The lowest BCUT2D eigenvalue weighted by Gasteiger charge is -2.26. The van der Waals surface area contributed by atoms with E-state index in [4.69, 9.17) is 14.9 Å². The molecule has 4 rings (SSSR count). The maximum Gasteiger partial charge on any atom is 0.308 e. The number of unbranched alkanes of at least 4 members (excludes halogenated alkanes) is 3. The van der Waals surface area contributed by atoms with E-state index in [1.54, 1.807) is 30.1 Å². The maximum absolute atomic E-state index is 13.9. The van der Waals surface area contributed by atoms with Gasteiger partial charge in [-0.2, -0.15) is 0 Å². The molecular weight excluding hydrogens is 1040 g/mol. The molecule has 0 unspecified atom stereocenters. The van der Waals surface area contributed by atoms with Crippen molar-refractivity contribution in [1.29, 1.82) is 0 Å². The second-order valence-corrected chi connectivity index (χ2v) is 19.4. The van der Waals surface area contributed by atoms with Crippen LogP contribution in [0.1, 0.15) is 79.5 Å². The molecule has 0 fully saturated rings. The molecule has 440 valence electrons. The number of rotatable bonds is 34. The van der Waals surface area contributed by atoms with Crippen LogP contribution >= 0.6 is 0 Å². The van der Waals surface area contributed by atoms with Gasteiger partial charge in [0.2, 0.25) is 29.5 Å². The summed E-state index contributed by atoms with van der Waals surface area (Å²) in [6.07, 6.45) is -14.0. The normalized spacial score (nSPS) is 17.3. The number of aliphatic hydroxyl groups excluding tert-OH is 10. The highest BCUT2D eigenvalue weighted by Crippen LogP contribution is 2.27. The minimum Gasteiger partial charge on any atom is -0.469 e. The number of carbonyl (C=O) groups excluding carboxylic acids is 7. The molecule has 2 heterocycles. The number of likely N-dealkylation sites (N-methyl/N-ethyl adjacent to an activating group) is 1. The first-order valence-electron chi connectivity index (χ1n) is 26.0. The Labute approximate surface area is 455 Å². The number of para-hydroxylation sites is 2. The average Bonchev–Trinajstić information content (AvgIpc) is 3.88. The molecule has 0 spiro atoms. The zero-order valence-corrected chi connectivity index (χ0v) is 44.5. The number of amides is 6. The Morgan fingerprint density at radius 1 is 0.759 bits per heavy atom. The molecule has 0 saturated heterocycles. The summed E-state index contributed by atoms with van der Waals surface area (Å²) in [7, 11) is 4.30. The van der Waals surface area contributed by atoms with Crippen molar-refractivity contribution < 1.29 is 89.4 Å². The van der Waals surface area contributed by atoms with Crippen molar-refractivity contribution in [2.45, 2.75) is 138 Å². The molecular formula is C51H78N10O18. The monoisotopic (exact) mass is 1120 g/mol. The van der Waals surface area contributed by atoms with E-state index in [9.17, 15) is 74.4 Å². The van der Waals surface area contributed by atoms with Gasteiger partial charge in [-0.05, 0) is 68.6 Å². The number of anilines is 1. The largest absolute Gasteiger partial charge is 0.469 e. The molecule has 2 aromatic carbocycles. The van der Waals surface area contributed by atoms with Gasteiger partial charge in [0.15, 0.2) is 0 Å². The molecule has 11 atom stereocenters. The molecule has 6 amide bonds. The number of ether oxygens (including phenoxy) is 1. The molecule has 0 radical (unpaired) electrons. The van der Waals surface area contributed by atoms with E-state index in [0.717, 1.165) is 11.0 Å². The summed E-state index contributed by atoms with van der Waals surface area (Å²) >= 11 is 0. The van der Waals surface area contributed by atoms with Crippen molar-refractivity contribution in [1.82, 2.24) is 46.4 Å². The number of hydrogen-bond acceptors (Lipinski definition) is 21. The highest BCUT2D eigenvalue weighted by Gasteiger charge is 2.34. The summed E-state index contributed by atoms with van der Waals surface area (Å²) in [4.78, 5) is 104. The van der Waals surface area contributed by atoms with Crippen molar-refractivity contribution >= 4 is 58.1 Å². The van der Waals surface area contributed by atoms with E-state index in [1.165, 1.54) is 19.1 Å². The van der Waals surface area contributed by atoms with Gasteiger partial charge in [0.05, 0.1) is 62.6 Å².